The SMILES string of the molecule is CCC(CC)(C(NC)c1cnccc1C)N(C)C. The predicted octanol–water partition coefficient (Wildman–Crippen LogP) is 2.77. The minimum atomic E-state index is 0.128. The summed E-state index contributed by atoms with van der Waals surface area (Å²) in [5.74, 6) is 0. The molecule has 0 spiro atoms. The van der Waals surface area contributed by atoms with Gasteiger partial charge in [0.25, 0.3) is 0 Å². The molecule has 1 rings (SSSR count). The Morgan fingerprint density at radius 1 is 1.33 bits per heavy atom. The van der Waals surface area contributed by atoms with E-state index in [4.69, 9.17) is 0 Å². The molecule has 1 heterocycles. The molecule has 1 N–H and O–H groups in total. The van der Waals surface area contributed by atoms with Crippen molar-refractivity contribution in [2.45, 2.75) is 45.2 Å². The van der Waals surface area contributed by atoms with Gasteiger partial charge < -0.3 is 10.2 Å². The van der Waals surface area contributed by atoms with E-state index in [2.05, 4.69) is 56.1 Å². The molecule has 102 valence electrons. The van der Waals surface area contributed by atoms with Gasteiger partial charge in [-0.1, -0.05) is 13.8 Å². The van der Waals surface area contributed by atoms with Crippen molar-refractivity contribution in [1.82, 2.24) is 15.2 Å². The van der Waals surface area contributed by atoms with Gasteiger partial charge in [-0.3, -0.25) is 4.98 Å². The molecule has 0 aromatic carbocycles. The fraction of sp³-hybridized carbons (Fsp3) is 0.667. The van der Waals surface area contributed by atoms with Gasteiger partial charge in [0.2, 0.25) is 0 Å². The molecule has 0 aliphatic heterocycles. The first kappa shape index (κ1) is 15.1. The number of hydrogen-bond acceptors (Lipinski definition) is 3. The Bertz CT molecular complexity index is 370. The number of pyridine rings is 1. The van der Waals surface area contributed by atoms with Gasteiger partial charge in [0.05, 0.1) is 6.04 Å². The largest absolute Gasteiger partial charge is 0.311 e. The van der Waals surface area contributed by atoms with Gasteiger partial charge in [-0.2, -0.15) is 0 Å². The average Bonchev–Trinajstić information content (AvgIpc) is 2.37. The summed E-state index contributed by atoms with van der Waals surface area (Å²) < 4.78 is 0. The zero-order chi connectivity index (χ0) is 13.8. The van der Waals surface area contributed by atoms with Crippen molar-refractivity contribution < 1.29 is 0 Å². The maximum absolute atomic E-state index is 4.30. The van der Waals surface area contributed by atoms with E-state index in [1.165, 1.54) is 11.1 Å². The molecular weight excluding hydrogens is 222 g/mol. The quantitative estimate of drug-likeness (QED) is 0.840. The van der Waals surface area contributed by atoms with Crippen LogP contribution in [-0.4, -0.2) is 36.6 Å². The van der Waals surface area contributed by atoms with Gasteiger partial charge >= 0.3 is 0 Å². The lowest BCUT2D eigenvalue weighted by molar-refractivity contribution is 0.0913. The summed E-state index contributed by atoms with van der Waals surface area (Å²) in [4.78, 5) is 6.65. The molecule has 0 saturated carbocycles. The van der Waals surface area contributed by atoms with E-state index in [-0.39, 0.29) is 5.54 Å². The van der Waals surface area contributed by atoms with E-state index < -0.39 is 0 Å². The fourth-order valence-corrected chi connectivity index (χ4v) is 3.04. The third-order valence-corrected chi connectivity index (χ3v) is 4.33. The van der Waals surface area contributed by atoms with Crippen LogP contribution in [0.3, 0.4) is 0 Å². The maximum Gasteiger partial charge on any atom is 0.0522 e. The molecule has 0 amide bonds. The molecule has 18 heavy (non-hydrogen) atoms. The van der Waals surface area contributed by atoms with Crippen LogP contribution in [0, 0.1) is 6.92 Å². The van der Waals surface area contributed by atoms with E-state index in [0.717, 1.165) is 12.8 Å². The van der Waals surface area contributed by atoms with E-state index in [1.807, 2.05) is 19.4 Å². The highest BCUT2D eigenvalue weighted by atomic mass is 15.2. The van der Waals surface area contributed by atoms with Crippen molar-refractivity contribution >= 4 is 0 Å². The molecule has 3 nitrogen and oxygen atoms in total. The van der Waals surface area contributed by atoms with Crippen LogP contribution in [0.4, 0.5) is 0 Å². The first-order valence-electron chi connectivity index (χ1n) is 6.78. The molecule has 0 aliphatic rings. The van der Waals surface area contributed by atoms with Gasteiger partial charge in [0.1, 0.15) is 0 Å². The summed E-state index contributed by atoms with van der Waals surface area (Å²) in [6, 6.07) is 2.39. The highest BCUT2D eigenvalue weighted by Crippen LogP contribution is 2.36. The highest BCUT2D eigenvalue weighted by Gasteiger charge is 2.38. The second-order valence-electron chi connectivity index (χ2n) is 5.16. The number of rotatable bonds is 6. The summed E-state index contributed by atoms with van der Waals surface area (Å²) >= 11 is 0. The Morgan fingerprint density at radius 3 is 2.33 bits per heavy atom. The smallest absolute Gasteiger partial charge is 0.0522 e. The lowest BCUT2D eigenvalue weighted by Crippen LogP contribution is -2.52. The van der Waals surface area contributed by atoms with Crippen molar-refractivity contribution in [3.8, 4) is 0 Å². The number of nitrogens with one attached hydrogen (secondary N) is 1. The number of nitrogens with zero attached hydrogens (tertiary/aromatic N) is 2. The zero-order valence-electron chi connectivity index (χ0n) is 12.6. The normalized spacial score (nSPS) is 13.9. The molecule has 3 heteroatoms. The summed E-state index contributed by atoms with van der Waals surface area (Å²) in [5.41, 5.74) is 2.73. The third kappa shape index (κ3) is 2.57. The third-order valence-electron chi connectivity index (χ3n) is 4.33. The molecule has 1 atom stereocenters. The van der Waals surface area contributed by atoms with Crippen molar-refractivity contribution in [1.29, 1.82) is 0 Å². The monoisotopic (exact) mass is 249 g/mol. The summed E-state index contributed by atoms with van der Waals surface area (Å²) in [5, 5.41) is 3.50. The second-order valence-corrected chi connectivity index (χ2v) is 5.16. The topological polar surface area (TPSA) is 28.2 Å². The molecule has 0 bridgehead atoms. The van der Waals surface area contributed by atoms with Crippen LogP contribution >= 0.6 is 0 Å². The van der Waals surface area contributed by atoms with Crippen LogP contribution < -0.4 is 5.32 Å². The Hall–Kier alpha value is -0.930. The van der Waals surface area contributed by atoms with E-state index >= 15 is 0 Å². The number of aryl methyl sites for hydroxylation is 1. The number of aromatic nitrogens is 1. The molecule has 0 fully saturated rings. The second kappa shape index (κ2) is 6.30. The van der Waals surface area contributed by atoms with Crippen LogP contribution in [-0.2, 0) is 0 Å². The van der Waals surface area contributed by atoms with Crippen LogP contribution in [0.1, 0.15) is 43.9 Å². The Kier molecular flexibility index (Phi) is 5.29. The van der Waals surface area contributed by atoms with Crippen molar-refractivity contribution in [2.75, 3.05) is 21.1 Å². The maximum atomic E-state index is 4.30. The Morgan fingerprint density at radius 2 is 1.94 bits per heavy atom. The van der Waals surface area contributed by atoms with Crippen LogP contribution in [0.5, 0.6) is 0 Å². The number of hydrogen-bond donors (Lipinski definition) is 1. The zero-order valence-corrected chi connectivity index (χ0v) is 12.6. The van der Waals surface area contributed by atoms with E-state index in [9.17, 15) is 0 Å². The Balaban J connectivity index is 3.27. The van der Waals surface area contributed by atoms with Crippen LogP contribution in [0.25, 0.3) is 0 Å². The minimum absolute atomic E-state index is 0.128. The summed E-state index contributed by atoms with van der Waals surface area (Å²) in [6.45, 7) is 6.69. The molecule has 1 aromatic rings. The molecule has 0 aliphatic carbocycles. The Labute approximate surface area is 112 Å². The van der Waals surface area contributed by atoms with Crippen molar-refractivity contribution in [3.05, 3.63) is 29.6 Å². The molecule has 0 radical (unpaired) electrons. The average molecular weight is 249 g/mol. The summed E-state index contributed by atoms with van der Waals surface area (Å²) in [7, 11) is 6.38. The fourth-order valence-electron chi connectivity index (χ4n) is 3.04. The van der Waals surface area contributed by atoms with E-state index in [1.54, 1.807) is 0 Å². The molecule has 0 saturated heterocycles. The minimum Gasteiger partial charge on any atom is -0.311 e. The molecular formula is C15H27N3. The van der Waals surface area contributed by atoms with Gasteiger partial charge in [-0.25, -0.2) is 0 Å². The molecule has 1 aromatic heterocycles. The lowest BCUT2D eigenvalue weighted by atomic mass is 9.79. The van der Waals surface area contributed by atoms with Gasteiger partial charge in [0, 0.05) is 17.9 Å². The van der Waals surface area contributed by atoms with Crippen LogP contribution in [0.2, 0.25) is 0 Å². The standard InChI is InChI=1S/C15H27N3/c1-7-15(8-2,18(5)6)14(16-4)13-11-17-10-9-12(13)3/h9-11,14,16H,7-8H2,1-6H3. The van der Waals surface area contributed by atoms with Crippen molar-refractivity contribution in [2.24, 2.45) is 0 Å². The summed E-state index contributed by atoms with van der Waals surface area (Å²) in [6.07, 6.45) is 6.08. The van der Waals surface area contributed by atoms with Gasteiger partial charge in [0.15, 0.2) is 0 Å². The predicted molar refractivity (Wildman–Crippen MR) is 77.8 cm³/mol. The van der Waals surface area contributed by atoms with Crippen LogP contribution in [0.15, 0.2) is 18.5 Å². The van der Waals surface area contributed by atoms with Gasteiger partial charge in [-0.15, -0.1) is 0 Å². The van der Waals surface area contributed by atoms with Crippen molar-refractivity contribution in [3.63, 3.8) is 0 Å². The highest BCUT2D eigenvalue weighted by molar-refractivity contribution is 5.28. The number of likely N-dealkylation sites (N-methyl/N-ethyl adjacent to an activating group) is 2. The molecule has 1 unspecified atom stereocenters. The first-order valence-corrected chi connectivity index (χ1v) is 6.78. The first-order chi connectivity index (χ1) is 8.53. The van der Waals surface area contributed by atoms with Gasteiger partial charge in [-0.05, 0) is 58.1 Å². The van der Waals surface area contributed by atoms with E-state index in [0.29, 0.717) is 6.04 Å². The lowest BCUT2D eigenvalue weighted by Gasteiger charge is -2.45.